The molecule has 0 radical (unpaired) electrons. The first-order chi connectivity index (χ1) is 11.6. The van der Waals surface area contributed by atoms with E-state index in [1.165, 1.54) is 12.3 Å². The molecule has 0 amide bonds. The number of benzene rings is 1. The Labute approximate surface area is 135 Å². The van der Waals surface area contributed by atoms with Crippen molar-refractivity contribution in [3.05, 3.63) is 60.7 Å². The molecule has 2 heterocycles. The highest BCUT2D eigenvalue weighted by Crippen LogP contribution is 2.26. The number of hydrogen-bond donors (Lipinski definition) is 1. The first-order valence-corrected chi connectivity index (χ1v) is 7.02. The fourth-order valence-corrected chi connectivity index (χ4v) is 2.15. The van der Waals surface area contributed by atoms with Gasteiger partial charge in [-0.15, -0.1) is 5.10 Å². The predicted molar refractivity (Wildman–Crippen MR) is 78.7 cm³/mol. The van der Waals surface area contributed by atoms with Crippen molar-refractivity contribution in [1.29, 1.82) is 0 Å². The van der Waals surface area contributed by atoms with Crippen LogP contribution in [0.3, 0.4) is 0 Å². The van der Waals surface area contributed by atoms with Crippen LogP contribution in [0.1, 0.15) is 11.7 Å². The number of nitrogens with zero attached hydrogens (tertiary/aromatic N) is 5. The molecule has 0 bridgehead atoms. The summed E-state index contributed by atoms with van der Waals surface area (Å²) in [6, 6.07) is 10.9. The van der Waals surface area contributed by atoms with Crippen LogP contribution in [0, 0.1) is 0 Å². The molecule has 0 aliphatic carbocycles. The molecule has 2 aromatic heterocycles. The molecule has 3 aromatic rings. The fraction of sp³-hybridized carbons (Fsp3) is 0.200. The number of aromatic nitrogens is 5. The summed E-state index contributed by atoms with van der Waals surface area (Å²) in [6.07, 6.45) is -2.44. The summed E-state index contributed by atoms with van der Waals surface area (Å²) in [5, 5.41) is 20.2. The Balaban J connectivity index is 1.84. The molecule has 0 aliphatic heterocycles. The molecule has 0 spiro atoms. The third kappa shape index (κ3) is 3.51. The van der Waals surface area contributed by atoms with Crippen LogP contribution in [0.25, 0.3) is 0 Å². The van der Waals surface area contributed by atoms with Crippen LogP contribution < -0.4 is 4.74 Å². The molecule has 9 heteroatoms. The molecule has 3 rings (SSSR count). The van der Waals surface area contributed by atoms with E-state index in [4.69, 9.17) is 4.74 Å². The number of aliphatic hydroxyl groups excluding tert-OH is 1. The van der Waals surface area contributed by atoms with E-state index in [2.05, 4.69) is 20.5 Å². The first kappa shape index (κ1) is 15.9. The Kier molecular flexibility index (Phi) is 4.71. The number of rotatable bonds is 6. The SMILES string of the molecule is OC(C(F)F)C(c1ccc(Oc2ccccc2)cn1)n1cnnn1. The van der Waals surface area contributed by atoms with Gasteiger partial charge in [0.25, 0.3) is 6.43 Å². The summed E-state index contributed by atoms with van der Waals surface area (Å²) in [5.74, 6) is 1.06. The number of ether oxygens (including phenoxy) is 1. The summed E-state index contributed by atoms with van der Waals surface area (Å²) in [4.78, 5) is 4.10. The van der Waals surface area contributed by atoms with Gasteiger partial charge >= 0.3 is 0 Å². The van der Waals surface area contributed by atoms with Gasteiger partial charge in [-0.25, -0.2) is 13.5 Å². The molecule has 0 saturated carbocycles. The van der Waals surface area contributed by atoms with Crippen molar-refractivity contribution in [3.8, 4) is 11.5 Å². The van der Waals surface area contributed by atoms with Gasteiger partial charge < -0.3 is 9.84 Å². The van der Waals surface area contributed by atoms with Gasteiger partial charge in [0.15, 0.2) is 0 Å². The van der Waals surface area contributed by atoms with E-state index in [-0.39, 0.29) is 5.69 Å². The Hall–Kier alpha value is -2.94. The minimum Gasteiger partial charge on any atom is -0.456 e. The van der Waals surface area contributed by atoms with Crippen LogP contribution in [0.5, 0.6) is 11.5 Å². The minimum absolute atomic E-state index is 0.190. The second-order valence-electron chi connectivity index (χ2n) is 4.89. The molecule has 0 fully saturated rings. The lowest BCUT2D eigenvalue weighted by molar-refractivity contribution is -0.0292. The number of tetrazole rings is 1. The summed E-state index contributed by atoms with van der Waals surface area (Å²) in [7, 11) is 0. The predicted octanol–water partition coefficient (Wildman–Crippen LogP) is 2.08. The second kappa shape index (κ2) is 7.09. The smallest absolute Gasteiger partial charge is 0.266 e. The molecule has 1 aromatic carbocycles. The largest absolute Gasteiger partial charge is 0.456 e. The second-order valence-corrected chi connectivity index (χ2v) is 4.89. The average molecular weight is 333 g/mol. The van der Waals surface area contributed by atoms with E-state index in [0.717, 1.165) is 11.0 Å². The molecule has 2 atom stereocenters. The molecule has 0 saturated heterocycles. The summed E-state index contributed by atoms with van der Waals surface area (Å²) in [5.41, 5.74) is 0.190. The number of pyridine rings is 1. The van der Waals surface area contributed by atoms with Crippen molar-refractivity contribution >= 4 is 0 Å². The highest BCUT2D eigenvalue weighted by atomic mass is 19.3. The first-order valence-electron chi connectivity index (χ1n) is 7.02. The zero-order valence-electron chi connectivity index (χ0n) is 12.3. The van der Waals surface area contributed by atoms with Gasteiger partial charge in [-0.2, -0.15) is 0 Å². The summed E-state index contributed by atoms with van der Waals surface area (Å²) in [6.45, 7) is 0. The molecule has 124 valence electrons. The summed E-state index contributed by atoms with van der Waals surface area (Å²) < 4.78 is 32.5. The van der Waals surface area contributed by atoms with E-state index in [0.29, 0.717) is 11.5 Å². The number of halogens is 2. The van der Waals surface area contributed by atoms with Crippen LogP contribution in [0.2, 0.25) is 0 Å². The number of alkyl halides is 2. The zero-order chi connectivity index (χ0) is 16.9. The van der Waals surface area contributed by atoms with Crippen molar-refractivity contribution in [3.63, 3.8) is 0 Å². The maximum absolute atomic E-state index is 12.9. The Morgan fingerprint density at radius 3 is 2.42 bits per heavy atom. The van der Waals surface area contributed by atoms with Crippen LogP contribution in [0.15, 0.2) is 55.0 Å². The van der Waals surface area contributed by atoms with Gasteiger partial charge in [-0.05, 0) is 34.7 Å². The lowest BCUT2D eigenvalue weighted by Gasteiger charge is -2.21. The normalized spacial score (nSPS) is 13.7. The monoisotopic (exact) mass is 333 g/mol. The third-order valence-corrected chi connectivity index (χ3v) is 3.27. The number of para-hydroxylation sites is 1. The van der Waals surface area contributed by atoms with E-state index in [1.807, 2.05) is 18.2 Å². The average Bonchev–Trinajstić information content (AvgIpc) is 3.11. The lowest BCUT2D eigenvalue weighted by Crippen LogP contribution is -2.32. The molecular weight excluding hydrogens is 320 g/mol. The highest BCUT2D eigenvalue weighted by Gasteiger charge is 2.32. The number of aliphatic hydroxyl groups is 1. The fourth-order valence-electron chi connectivity index (χ4n) is 2.15. The zero-order valence-corrected chi connectivity index (χ0v) is 12.3. The van der Waals surface area contributed by atoms with E-state index in [9.17, 15) is 13.9 Å². The van der Waals surface area contributed by atoms with Gasteiger partial charge in [0, 0.05) is 0 Å². The quantitative estimate of drug-likeness (QED) is 0.743. The van der Waals surface area contributed by atoms with Gasteiger partial charge in [0.2, 0.25) is 0 Å². The molecule has 1 N–H and O–H groups in total. The van der Waals surface area contributed by atoms with Crippen molar-refractivity contribution in [1.82, 2.24) is 25.2 Å². The van der Waals surface area contributed by atoms with Crippen LogP contribution in [-0.4, -0.2) is 42.8 Å². The van der Waals surface area contributed by atoms with Crippen molar-refractivity contribution < 1.29 is 18.6 Å². The molecule has 7 nitrogen and oxygen atoms in total. The van der Waals surface area contributed by atoms with Crippen LogP contribution >= 0.6 is 0 Å². The van der Waals surface area contributed by atoms with Gasteiger partial charge in [0.1, 0.15) is 30.0 Å². The maximum Gasteiger partial charge on any atom is 0.266 e. The third-order valence-electron chi connectivity index (χ3n) is 3.27. The maximum atomic E-state index is 12.9. The van der Waals surface area contributed by atoms with E-state index in [1.54, 1.807) is 18.2 Å². The molecule has 24 heavy (non-hydrogen) atoms. The van der Waals surface area contributed by atoms with Gasteiger partial charge in [-0.1, -0.05) is 18.2 Å². The Morgan fingerprint density at radius 2 is 1.83 bits per heavy atom. The minimum atomic E-state index is -2.97. The van der Waals surface area contributed by atoms with Crippen LogP contribution in [-0.2, 0) is 0 Å². The van der Waals surface area contributed by atoms with Crippen molar-refractivity contribution in [2.45, 2.75) is 18.6 Å². The molecule has 0 aliphatic rings. The standard InChI is InChI=1S/C15H13F2N5O2/c16-15(17)14(23)13(22-9-19-20-21-22)12-7-6-11(8-18-12)24-10-4-2-1-3-5-10/h1-9,13-15,23H. The molecular formula is C15H13F2N5O2. The summed E-state index contributed by atoms with van der Waals surface area (Å²) >= 11 is 0. The van der Waals surface area contributed by atoms with Gasteiger partial charge in [0.05, 0.1) is 11.9 Å². The van der Waals surface area contributed by atoms with Gasteiger partial charge in [-0.3, -0.25) is 4.98 Å². The van der Waals surface area contributed by atoms with E-state index < -0.39 is 18.6 Å². The number of hydrogen-bond acceptors (Lipinski definition) is 6. The Morgan fingerprint density at radius 1 is 1.04 bits per heavy atom. The Bertz CT molecular complexity index is 753. The van der Waals surface area contributed by atoms with E-state index >= 15 is 0 Å². The molecule has 2 unspecified atom stereocenters. The van der Waals surface area contributed by atoms with Crippen molar-refractivity contribution in [2.24, 2.45) is 0 Å². The highest BCUT2D eigenvalue weighted by molar-refractivity contribution is 5.30. The van der Waals surface area contributed by atoms with Crippen molar-refractivity contribution in [2.75, 3.05) is 0 Å². The lowest BCUT2D eigenvalue weighted by atomic mass is 10.1. The van der Waals surface area contributed by atoms with Crippen LogP contribution in [0.4, 0.5) is 8.78 Å². The topological polar surface area (TPSA) is 86.0 Å².